The molecule has 0 aliphatic rings. The third-order valence-electron chi connectivity index (χ3n) is 3.45. The van der Waals surface area contributed by atoms with Crippen molar-refractivity contribution in [2.75, 3.05) is 38.0 Å². The van der Waals surface area contributed by atoms with E-state index in [9.17, 15) is 13.6 Å². The van der Waals surface area contributed by atoms with Gasteiger partial charge in [-0.15, -0.1) is 0 Å². The Kier molecular flexibility index (Phi) is 5.80. The molecule has 0 unspecified atom stereocenters. The minimum Gasteiger partial charge on any atom is -0.493 e. The van der Waals surface area contributed by atoms with Gasteiger partial charge in [-0.05, 0) is 37.3 Å². The summed E-state index contributed by atoms with van der Waals surface area (Å²) in [7, 11) is 4.56. The Morgan fingerprint density at radius 2 is 1.76 bits per heavy atom. The van der Waals surface area contributed by atoms with Gasteiger partial charge in [0.1, 0.15) is 5.69 Å². The molecule has 2 aromatic carbocycles. The maximum atomic E-state index is 14.0. The molecule has 0 saturated carbocycles. The third-order valence-corrected chi connectivity index (χ3v) is 3.45. The standard InChI is InChI=1S/C18H20F2N2O3/c1-5-25-16-8-11(6-7-15(16)24-4)18(23)21-12-9-13(19)17(22(2)3)14(20)10-12/h6-10H,5H2,1-4H3,(H,21,23). The van der Waals surface area contributed by atoms with Gasteiger partial charge in [-0.1, -0.05) is 0 Å². The molecule has 1 N–H and O–H groups in total. The summed E-state index contributed by atoms with van der Waals surface area (Å²) < 4.78 is 38.6. The van der Waals surface area contributed by atoms with Crippen LogP contribution in [0.4, 0.5) is 20.2 Å². The minimum absolute atomic E-state index is 0.0272. The van der Waals surface area contributed by atoms with Crippen LogP contribution in [0.25, 0.3) is 0 Å². The molecule has 0 spiro atoms. The molecule has 2 aromatic rings. The second-order valence-corrected chi connectivity index (χ2v) is 5.44. The van der Waals surface area contributed by atoms with Crippen molar-refractivity contribution in [3.05, 3.63) is 47.5 Å². The van der Waals surface area contributed by atoms with E-state index in [2.05, 4.69) is 5.32 Å². The minimum atomic E-state index is -0.759. The van der Waals surface area contributed by atoms with Gasteiger partial charge in [0, 0.05) is 25.3 Å². The zero-order valence-corrected chi connectivity index (χ0v) is 14.5. The van der Waals surface area contributed by atoms with E-state index in [-0.39, 0.29) is 16.9 Å². The van der Waals surface area contributed by atoms with Crippen LogP contribution >= 0.6 is 0 Å². The average Bonchev–Trinajstić information content (AvgIpc) is 2.54. The Morgan fingerprint density at radius 1 is 1.12 bits per heavy atom. The predicted molar refractivity (Wildman–Crippen MR) is 92.8 cm³/mol. The van der Waals surface area contributed by atoms with Crippen LogP contribution in [0.15, 0.2) is 30.3 Å². The Bertz CT molecular complexity index is 756. The number of nitrogens with one attached hydrogen (secondary N) is 1. The number of anilines is 2. The molecule has 5 nitrogen and oxygen atoms in total. The van der Waals surface area contributed by atoms with E-state index in [0.717, 1.165) is 12.1 Å². The van der Waals surface area contributed by atoms with Crippen molar-refractivity contribution in [1.29, 1.82) is 0 Å². The van der Waals surface area contributed by atoms with Crippen LogP contribution < -0.4 is 19.7 Å². The van der Waals surface area contributed by atoms with Crippen molar-refractivity contribution in [1.82, 2.24) is 0 Å². The molecule has 0 heterocycles. The van der Waals surface area contributed by atoms with Gasteiger partial charge >= 0.3 is 0 Å². The first kappa shape index (κ1) is 18.5. The molecule has 0 fully saturated rings. The van der Waals surface area contributed by atoms with Crippen molar-refractivity contribution in [2.24, 2.45) is 0 Å². The van der Waals surface area contributed by atoms with Gasteiger partial charge in [-0.25, -0.2) is 8.78 Å². The molecule has 25 heavy (non-hydrogen) atoms. The zero-order chi connectivity index (χ0) is 18.6. The second kappa shape index (κ2) is 7.83. The Morgan fingerprint density at radius 3 is 2.28 bits per heavy atom. The normalized spacial score (nSPS) is 10.3. The van der Waals surface area contributed by atoms with Gasteiger partial charge in [-0.2, -0.15) is 0 Å². The molecular weight excluding hydrogens is 330 g/mol. The van der Waals surface area contributed by atoms with Crippen LogP contribution in [0.2, 0.25) is 0 Å². The number of carbonyl (C=O) groups is 1. The lowest BCUT2D eigenvalue weighted by Crippen LogP contribution is -2.15. The van der Waals surface area contributed by atoms with Gasteiger partial charge in [0.05, 0.1) is 13.7 Å². The lowest BCUT2D eigenvalue weighted by atomic mass is 10.1. The van der Waals surface area contributed by atoms with Crippen LogP contribution in [0, 0.1) is 11.6 Å². The lowest BCUT2D eigenvalue weighted by Gasteiger charge is -2.16. The fourth-order valence-corrected chi connectivity index (χ4v) is 2.35. The molecule has 2 rings (SSSR count). The maximum absolute atomic E-state index is 14.0. The fourth-order valence-electron chi connectivity index (χ4n) is 2.35. The highest BCUT2D eigenvalue weighted by atomic mass is 19.1. The number of rotatable bonds is 6. The monoisotopic (exact) mass is 350 g/mol. The third kappa shape index (κ3) is 4.17. The lowest BCUT2D eigenvalue weighted by molar-refractivity contribution is 0.102. The molecule has 1 amide bonds. The van der Waals surface area contributed by atoms with E-state index < -0.39 is 17.5 Å². The van der Waals surface area contributed by atoms with E-state index in [4.69, 9.17) is 9.47 Å². The SMILES string of the molecule is CCOc1cc(C(=O)Nc2cc(F)c(N(C)C)c(F)c2)ccc1OC. The molecule has 0 aromatic heterocycles. The summed E-state index contributed by atoms with van der Waals surface area (Å²) in [5.41, 5.74) is 0.141. The summed E-state index contributed by atoms with van der Waals surface area (Å²) in [4.78, 5) is 13.7. The van der Waals surface area contributed by atoms with Crippen LogP contribution in [-0.2, 0) is 0 Å². The van der Waals surface area contributed by atoms with Crippen LogP contribution in [0.3, 0.4) is 0 Å². The molecular formula is C18H20F2N2O3. The molecule has 134 valence electrons. The second-order valence-electron chi connectivity index (χ2n) is 5.44. The Hall–Kier alpha value is -2.83. The summed E-state index contributed by atoms with van der Waals surface area (Å²) in [5, 5.41) is 2.48. The first-order chi connectivity index (χ1) is 11.9. The fraction of sp³-hybridized carbons (Fsp3) is 0.278. The van der Waals surface area contributed by atoms with E-state index >= 15 is 0 Å². The first-order valence-corrected chi connectivity index (χ1v) is 7.66. The highest BCUT2D eigenvalue weighted by molar-refractivity contribution is 6.04. The maximum Gasteiger partial charge on any atom is 0.255 e. The summed E-state index contributed by atoms with van der Waals surface area (Å²) >= 11 is 0. The van der Waals surface area contributed by atoms with Gasteiger partial charge in [-0.3, -0.25) is 4.79 Å². The van der Waals surface area contributed by atoms with Crippen molar-refractivity contribution in [3.63, 3.8) is 0 Å². The predicted octanol–water partition coefficient (Wildman–Crippen LogP) is 3.69. The smallest absolute Gasteiger partial charge is 0.255 e. The van der Waals surface area contributed by atoms with Crippen LogP contribution in [0.5, 0.6) is 11.5 Å². The number of hydrogen-bond acceptors (Lipinski definition) is 4. The van der Waals surface area contributed by atoms with Crippen molar-refractivity contribution in [3.8, 4) is 11.5 Å². The number of benzene rings is 2. The highest BCUT2D eigenvalue weighted by Gasteiger charge is 2.16. The van der Waals surface area contributed by atoms with Crippen molar-refractivity contribution in [2.45, 2.75) is 6.92 Å². The number of carbonyl (C=O) groups excluding carboxylic acids is 1. The number of nitrogens with zero attached hydrogens (tertiary/aromatic N) is 1. The van der Waals surface area contributed by atoms with Gasteiger partial charge in [0.2, 0.25) is 0 Å². The van der Waals surface area contributed by atoms with Crippen LogP contribution in [-0.4, -0.2) is 33.7 Å². The van der Waals surface area contributed by atoms with E-state index in [1.54, 1.807) is 6.07 Å². The molecule has 0 saturated heterocycles. The van der Waals surface area contributed by atoms with Gasteiger partial charge in [0.25, 0.3) is 5.91 Å². The van der Waals surface area contributed by atoms with Crippen molar-refractivity contribution < 1.29 is 23.0 Å². The largest absolute Gasteiger partial charge is 0.493 e. The van der Waals surface area contributed by atoms with E-state index in [1.807, 2.05) is 6.92 Å². The molecule has 7 heteroatoms. The highest BCUT2D eigenvalue weighted by Crippen LogP contribution is 2.29. The Balaban J connectivity index is 2.27. The molecule has 0 aliphatic heterocycles. The number of hydrogen-bond donors (Lipinski definition) is 1. The number of methoxy groups -OCH3 is 1. The van der Waals surface area contributed by atoms with E-state index in [1.165, 1.54) is 38.2 Å². The first-order valence-electron chi connectivity index (χ1n) is 7.66. The summed E-state index contributed by atoms with van der Waals surface area (Å²) in [5.74, 6) is -1.13. The van der Waals surface area contributed by atoms with Gasteiger partial charge in [0.15, 0.2) is 23.1 Å². The van der Waals surface area contributed by atoms with Crippen LogP contribution in [0.1, 0.15) is 17.3 Å². The number of amides is 1. The Labute approximate surface area is 145 Å². The quantitative estimate of drug-likeness (QED) is 0.863. The molecule has 0 atom stereocenters. The van der Waals surface area contributed by atoms with E-state index in [0.29, 0.717) is 18.1 Å². The van der Waals surface area contributed by atoms with Crippen molar-refractivity contribution >= 4 is 17.3 Å². The zero-order valence-electron chi connectivity index (χ0n) is 14.5. The molecule has 0 aliphatic carbocycles. The summed E-state index contributed by atoms with van der Waals surface area (Å²) in [6, 6.07) is 6.79. The van der Waals surface area contributed by atoms with Gasteiger partial charge < -0.3 is 19.7 Å². The average molecular weight is 350 g/mol. The summed E-state index contributed by atoms with van der Waals surface area (Å²) in [6.07, 6.45) is 0. The number of halogens is 2. The number of ether oxygens (including phenoxy) is 2. The topological polar surface area (TPSA) is 50.8 Å². The molecule has 0 bridgehead atoms. The molecule has 0 radical (unpaired) electrons. The summed E-state index contributed by atoms with van der Waals surface area (Å²) in [6.45, 7) is 2.22.